The van der Waals surface area contributed by atoms with Gasteiger partial charge in [0.2, 0.25) is 0 Å². The summed E-state index contributed by atoms with van der Waals surface area (Å²) in [4.78, 5) is 0. The standard InChI is InChI=1S/C14H28O2/c1-11(2)15-12(3)10-13(4)16-14-8-6-5-7-9-14/h11-14H,5-10H2,1-4H3. The molecule has 1 aliphatic rings. The monoisotopic (exact) mass is 228 g/mol. The van der Waals surface area contributed by atoms with Crippen LogP contribution in [0.25, 0.3) is 0 Å². The predicted molar refractivity (Wildman–Crippen MR) is 67.7 cm³/mol. The highest BCUT2D eigenvalue weighted by Crippen LogP contribution is 2.22. The van der Waals surface area contributed by atoms with E-state index in [0.717, 1.165) is 6.42 Å². The molecule has 0 bridgehead atoms. The van der Waals surface area contributed by atoms with Crippen LogP contribution in [0, 0.1) is 0 Å². The van der Waals surface area contributed by atoms with Gasteiger partial charge in [-0.1, -0.05) is 19.3 Å². The zero-order valence-electron chi connectivity index (χ0n) is 11.4. The number of hydrogen-bond donors (Lipinski definition) is 0. The maximum atomic E-state index is 6.06. The molecule has 0 aromatic carbocycles. The van der Waals surface area contributed by atoms with Crippen molar-refractivity contribution in [3.8, 4) is 0 Å². The van der Waals surface area contributed by atoms with E-state index in [1.807, 2.05) is 0 Å². The lowest BCUT2D eigenvalue weighted by atomic mass is 9.97. The first kappa shape index (κ1) is 14.0. The van der Waals surface area contributed by atoms with Gasteiger partial charge in [0.25, 0.3) is 0 Å². The zero-order valence-corrected chi connectivity index (χ0v) is 11.4. The summed E-state index contributed by atoms with van der Waals surface area (Å²) in [6, 6.07) is 0. The van der Waals surface area contributed by atoms with E-state index >= 15 is 0 Å². The van der Waals surface area contributed by atoms with Gasteiger partial charge in [0.05, 0.1) is 24.4 Å². The highest BCUT2D eigenvalue weighted by molar-refractivity contribution is 4.68. The first-order valence-corrected chi connectivity index (χ1v) is 6.89. The molecule has 0 radical (unpaired) electrons. The largest absolute Gasteiger partial charge is 0.376 e. The van der Waals surface area contributed by atoms with Gasteiger partial charge in [-0.25, -0.2) is 0 Å². The van der Waals surface area contributed by atoms with Gasteiger partial charge in [-0.05, 0) is 47.0 Å². The van der Waals surface area contributed by atoms with E-state index in [2.05, 4.69) is 27.7 Å². The molecule has 2 unspecified atom stereocenters. The molecule has 2 nitrogen and oxygen atoms in total. The van der Waals surface area contributed by atoms with Crippen molar-refractivity contribution in [3.05, 3.63) is 0 Å². The van der Waals surface area contributed by atoms with Gasteiger partial charge in [0, 0.05) is 0 Å². The lowest BCUT2D eigenvalue weighted by Gasteiger charge is -2.27. The lowest BCUT2D eigenvalue weighted by Crippen LogP contribution is -2.26. The van der Waals surface area contributed by atoms with Crippen LogP contribution in [0.15, 0.2) is 0 Å². The summed E-state index contributed by atoms with van der Waals surface area (Å²) in [5.74, 6) is 0. The van der Waals surface area contributed by atoms with Gasteiger partial charge in [-0.15, -0.1) is 0 Å². The molecule has 0 aliphatic heterocycles. The third-order valence-electron chi connectivity index (χ3n) is 3.15. The highest BCUT2D eigenvalue weighted by Gasteiger charge is 2.18. The van der Waals surface area contributed by atoms with Crippen molar-refractivity contribution < 1.29 is 9.47 Å². The molecule has 0 aromatic heterocycles. The second kappa shape index (κ2) is 7.29. The Morgan fingerprint density at radius 1 is 0.938 bits per heavy atom. The molecule has 0 aromatic rings. The minimum Gasteiger partial charge on any atom is -0.376 e. The van der Waals surface area contributed by atoms with Gasteiger partial charge in [-0.3, -0.25) is 0 Å². The normalized spacial score (nSPS) is 22.3. The van der Waals surface area contributed by atoms with Crippen molar-refractivity contribution in [2.24, 2.45) is 0 Å². The molecule has 0 spiro atoms. The SMILES string of the molecule is CC(C)OC(C)CC(C)OC1CCCCC1. The molecule has 16 heavy (non-hydrogen) atoms. The quantitative estimate of drug-likeness (QED) is 0.686. The van der Waals surface area contributed by atoms with Crippen molar-refractivity contribution in [2.45, 2.75) is 90.6 Å². The van der Waals surface area contributed by atoms with E-state index in [-0.39, 0.29) is 0 Å². The molecule has 1 rings (SSSR count). The van der Waals surface area contributed by atoms with Crippen LogP contribution < -0.4 is 0 Å². The summed E-state index contributed by atoms with van der Waals surface area (Å²) in [5, 5.41) is 0. The molecule has 0 N–H and O–H groups in total. The molecular formula is C14H28O2. The smallest absolute Gasteiger partial charge is 0.0578 e. The lowest BCUT2D eigenvalue weighted by molar-refractivity contribution is -0.0607. The molecule has 1 aliphatic carbocycles. The average Bonchev–Trinajstić information content (AvgIpc) is 2.17. The van der Waals surface area contributed by atoms with E-state index in [4.69, 9.17) is 9.47 Å². The summed E-state index contributed by atoms with van der Waals surface area (Å²) in [6.07, 6.45) is 9.05. The predicted octanol–water partition coefficient (Wildman–Crippen LogP) is 3.93. The molecule has 1 saturated carbocycles. The van der Waals surface area contributed by atoms with Crippen LogP contribution in [0.4, 0.5) is 0 Å². The number of ether oxygens (including phenoxy) is 2. The Balaban J connectivity index is 2.15. The Bertz CT molecular complexity index is 174. The first-order chi connectivity index (χ1) is 7.58. The molecule has 2 heteroatoms. The summed E-state index contributed by atoms with van der Waals surface area (Å²) < 4.78 is 11.8. The fraction of sp³-hybridized carbons (Fsp3) is 1.00. The Morgan fingerprint density at radius 2 is 1.56 bits per heavy atom. The van der Waals surface area contributed by atoms with E-state index in [1.165, 1.54) is 32.1 Å². The zero-order chi connectivity index (χ0) is 12.0. The Kier molecular flexibility index (Phi) is 6.37. The Hall–Kier alpha value is -0.0800. The number of hydrogen-bond acceptors (Lipinski definition) is 2. The third-order valence-corrected chi connectivity index (χ3v) is 3.15. The maximum absolute atomic E-state index is 6.06. The highest BCUT2D eigenvalue weighted by atomic mass is 16.5. The van der Waals surface area contributed by atoms with E-state index < -0.39 is 0 Å². The molecular weight excluding hydrogens is 200 g/mol. The van der Waals surface area contributed by atoms with Gasteiger partial charge in [0.1, 0.15) is 0 Å². The second-order valence-corrected chi connectivity index (χ2v) is 5.44. The van der Waals surface area contributed by atoms with E-state index in [1.54, 1.807) is 0 Å². The summed E-state index contributed by atoms with van der Waals surface area (Å²) >= 11 is 0. The summed E-state index contributed by atoms with van der Waals surface area (Å²) in [6.45, 7) is 8.49. The van der Waals surface area contributed by atoms with Crippen molar-refractivity contribution in [2.75, 3.05) is 0 Å². The van der Waals surface area contributed by atoms with Gasteiger partial charge >= 0.3 is 0 Å². The van der Waals surface area contributed by atoms with Gasteiger partial charge in [-0.2, -0.15) is 0 Å². The summed E-state index contributed by atoms with van der Waals surface area (Å²) in [5.41, 5.74) is 0. The van der Waals surface area contributed by atoms with Crippen LogP contribution in [-0.2, 0) is 9.47 Å². The van der Waals surface area contributed by atoms with Crippen LogP contribution in [0.2, 0.25) is 0 Å². The fourth-order valence-corrected chi connectivity index (χ4v) is 2.57. The molecule has 0 heterocycles. The van der Waals surface area contributed by atoms with Crippen molar-refractivity contribution in [1.29, 1.82) is 0 Å². The molecule has 0 amide bonds. The minimum absolute atomic E-state index is 0.304. The van der Waals surface area contributed by atoms with Crippen LogP contribution >= 0.6 is 0 Å². The Morgan fingerprint density at radius 3 is 2.12 bits per heavy atom. The van der Waals surface area contributed by atoms with Gasteiger partial charge in [0.15, 0.2) is 0 Å². The Labute approximate surface area is 101 Å². The minimum atomic E-state index is 0.304. The molecule has 2 atom stereocenters. The molecule has 0 saturated heterocycles. The topological polar surface area (TPSA) is 18.5 Å². The van der Waals surface area contributed by atoms with Crippen molar-refractivity contribution in [1.82, 2.24) is 0 Å². The van der Waals surface area contributed by atoms with Crippen LogP contribution in [0.1, 0.15) is 66.2 Å². The van der Waals surface area contributed by atoms with Crippen molar-refractivity contribution in [3.63, 3.8) is 0 Å². The van der Waals surface area contributed by atoms with Crippen LogP contribution in [0.3, 0.4) is 0 Å². The number of rotatable bonds is 6. The van der Waals surface area contributed by atoms with Crippen molar-refractivity contribution >= 4 is 0 Å². The maximum Gasteiger partial charge on any atom is 0.0578 e. The van der Waals surface area contributed by atoms with Crippen LogP contribution in [0.5, 0.6) is 0 Å². The fourth-order valence-electron chi connectivity index (χ4n) is 2.57. The first-order valence-electron chi connectivity index (χ1n) is 6.89. The molecule has 96 valence electrons. The average molecular weight is 228 g/mol. The van der Waals surface area contributed by atoms with E-state index in [9.17, 15) is 0 Å². The van der Waals surface area contributed by atoms with Gasteiger partial charge < -0.3 is 9.47 Å². The third kappa shape index (κ3) is 5.86. The molecule has 1 fully saturated rings. The van der Waals surface area contributed by atoms with E-state index in [0.29, 0.717) is 24.4 Å². The summed E-state index contributed by atoms with van der Waals surface area (Å²) in [7, 11) is 0. The van der Waals surface area contributed by atoms with Crippen LogP contribution in [-0.4, -0.2) is 24.4 Å². The second-order valence-electron chi connectivity index (χ2n) is 5.44.